The summed E-state index contributed by atoms with van der Waals surface area (Å²) >= 11 is 5.85. The lowest BCUT2D eigenvalue weighted by Gasteiger charge is -2.38. The molecule has 1 fully saturated rings. The number of hydrogen-bond acceptors (Lipinski definition) is 4. The summed E-state index contributed by atoms with van der Waals surface area (Å²) in [5.41, 5.74) is 1.28. The Hall–Kier alpha value is -0.630. The molecule has 1 saturated heterocycles. The summed E-state index contributed by atoms with van der Waals surface area (Å²) in [6.07, 6.45) is 0.921. The molecule has 0 spiro atoms. The Morgan fingerprint density at radius 3 is 2.75 bits per heavy atom. The van der Waals surface area contributed by atoms with Gasteiger partial charge in [0.15, 0.2) is 5.03 Å². The van der Waals surface area contributed by atoms with Gasteiger partial charge in [0.2, 0.25) is 0 Å². The van der Waals surface area contributed by atoms with Crippen LogP contribution < -0.4 is 0 Å². The van der Waals surface area contributed by atoms with E-state index in [1.807, 2.05) is 7.05 Å². The fourth-order valence-electron chi connectivity index (χ4n) is 2.50. The third kappa shape index (κ3) is 2.72. The molecule has 6 nitrogen and oxygen atoms in total. The van der Waals surface area contributed by atoms with Gasteiger partial charge in [0, 0.05) is 36.9 Å². The van der Waals surface area contributed by atoms with E-state index in [9.17, 15) is 8.42 Å². The van der Waals surface area contributed by atoms with Crippen molar-refractivity contribution >= 4 is 21.6 Å². The zero-order valence-electron chi connectivity index (χ0n) is 12.1. The SMILES string of the molecule is CCC1CN(S(=O)(=O)c2n[nH]c(C)c2CCl)CCN1C. The minimum atomic E-state index is -3.57. The van der Waals surface area contributed by atoms with Gasteiger partial charge in [0.05, 0.1) is 5.88 Å². The van der Waals surface area contributed by atoms with Gasteiger partial charge in [0.1, 0.15) is 0 Å². The van der Waals surface area contributed by atoms with Gasteiger partial charge in [-0.2, -0.15) is 9.40 Å². The van der Waals surface area contributed by atoms with E-state index in [0.717, 1.165) is 13.0 Å². The lowest BCUT2D eigenvalue weighted by molar-refractivity contribution is 0.144. The van der Waals surface area contributed by atoms with Gasteiger partial charge in [-0.3, -0.25) is 5.10 Å². The topological polar surface area (TPSA) is 69.3 Å². The highest BCUT2D eigenvalue weighted by molar-refractivity contribution is 7.89. The Kier molecular flexibility index (Phi) is 4.73. The van der Waals surface area contributed by atoms with Crippen LogP contribution >= 0.6 is 11.6 Å². The number of nitrogens with one attached hydrogen (secondary N) is 1. The molecule has 8 heteroatoms. The first-order valence-electron chi connectivity index (χ1n) is 6.72. The lowest BCUT2D eigenvalue weighted by Crippen LogP contribution is -2.52. The first-order valence-corrected chi connectivity index (χ1v) is 8.69. The summed E-state index contributed by atoms with van der Waals surface area (Å²) in [7, 11) is -1.54. The molecule has 2 heterocycles. The molecule has 1 atom stereocenters. The van der Waals surface area contributed by atoms with Crippen LogP contribution in [0, 0.1) is 6.92 Å². The van der Waals surface area contributed by atoms with Crippen molar-refractivity contribution in [2.45, 2.75) is 37.2 Å². The maximum Gasteiger partial charge on any atom is 0.262 e. The highest BCUT2D eigenvalue weighted by Crippen LogP contribution is 2.24. The van der Waals surface area contributed by atoms with Crippen LogP contribution in [0.15, 0.2) is 5.03 Å². The zero-order chi connectivity index (χ0) is 14.9. The van der Waals surface area contributed by atoms with Crippen molar-refractivity contribution in [2.75, 3.05) is 26.7 Å². The van der Waals surface area contributed by atoms with Gasteiger partial charge in [-0.15, -0.1) is 11.6 Å². The van der Waals surface area contributed by atoms with Crippen molar-refractivity contribution in [1.29, 1.82) is 0 Å². The van der Waals surface area contributed by atoms with Crippen LogP contribution in [0.1, 0.15) is 24.6 Å². The van der Waals surface area contributed by atoms with Crippen LogP contribution in [0.25, 0.3) is 0 Å². The van der Waals surface area contributed by atoms with Crippen molar-refractivity contribution in [3.05, 3.63) is 11.3 Å². The number of alkyl halides is 1. The Bertz CT molecular complexity index is 572. The molecule has 0 radical (unpaired) electrons. The van der Waals surface area contributed by atoms with E-state index in [1.165, 1.54) is 4.31 Å². The summed E-state index contributed by atoms with van der Waals surface area (Å²) < 4.78 is 27.0. The van der Waals surface area contributed by atoms with Crippen LogP contribution in [-0.2, 0) is 15.9 Å². The number of halogens is 1. The number of aryl methyl sites for hydroxylation is 1. The first-order chi connectivity index (χ1) is 9.41. The van der Waals surface area contributed by atoms with E-state index in [1.54, 1.807) is 6.92 Å². The number of rotatable bonds is 4. The molecule has 2 rings (SSSR count). The highest BCUT2D eigenvalue weighted by atomic mass is 35.5. The summed E-state index contributed by atoms with van der Waals surface area (Å²) in [6, 6.07) is 0.248. The Morgan fingerprint density at radius 2 is 2.15 bits per heavy atom. The molecule has 20 heavy (non-hydrogen) atoms. The minimum absolute atomic E-state index is 0.0735. The van der Waals surface area contributed by atoms with E-state index in [0.29, 0.717) is 24.3 Å². The van der Waals surface area contributed by atoms with Gasteiger partial charge in [-0.05, 0) is 20.4 Å². The molecule has 1 unspecified atom stereocenters. The molecule has 1 aliphatic heterocycles. The number of piperazine rings is 1. The monoisotopic (exact) mass is 320 g/mol. The van der Waals surface area contributed by atoms with Crippen molar-refractivity contribution in [1.82, 2.24) is 19.4 Å². The molecule has 0 amide bonds. The van der Waals surface area contributed by atoms with E-state index in [2.05, 4.69) is 22.0 Å². The first kappa shape index (κ1) is 15.8. The third-order valence-electron chi connectivity index (χ3n) is 3.96. The number of aromatic amines is 1. The Morgan fingerprint density at radius 1 is 1.45 bits per heavy atom. The van der Waals surface area contributed by atoms with Crippen molar-refractivity contribution in [2.24, 2.45) is 0 Å². The van der Waals surface area contributed by atoms with E-state index in [-0.39, 0.29) is 16.9 Å². The molecule has 0 bridgehead atoms. The maximum atomic E-state index is 12.7. The number of nitrogens with zero attached hydrogens (tertiary/aromatic N) is 3. The molecular weight excluding hydrogens is 300 g/mol. The second-order valence-corrected chi connectivity index (χ2v) is 7.29. The standard InChI is InChI=1S/C12H21ClN4O2S/c1-4-10-8-17(6-5-16(10)3)20(18,19)12-11(7-13)9(2)14-15-12/h10H,4-8H2,1-3H3,(H,14,15). The van der Waals surface area contributed by atoms with Gasteiger partial charge in [0.25, 0.3) is 10.0 Å². The highest BCUT2D eigenvalue weighted by Gasteiger charge is 2.35. The third-order valence-corrected chi connectivity index (χ3v) is 6.07. The largest absolute Gasteiger partial charge is 0.301 e. The second-order valence-electron chi connectivity index (χ2n) is 5.17. The smallest absolute Gasteiger partial charge is 0.262 e. The van der Waals surface area contributed by atoms with Crippen LogP contribution in [0.4, 0.5) is 0 Å². The lowest BCUT2D eigenvalue weighted by atomic mass is 10.1. The molecular formula is C12H21ClN4O2S. The minimum Gasteiger partial charge on any atom is -0.301 e. The van der Waals surface area contributed by atoms with E-state index >= 15 is 0 Å². The number of H-pyrrole nitrogens is 1. The Labute approximate surface area is 125 Å². The summed E-state index contributed by atoms with van der Waals surface area (Å²) in [5.74, 6) is 0.141. The van der Waals surface area contributed by atoms with E-state index < -0.39 is 10.0 Å². The molecule has 0 aliphatic carbocycles. The van der Waals surface area contributed by atoms with Crippen LogP contribution in [0.5, 0.6) is 0 Å². The average molecular weight is 321 g/mol. The summed E-state index contributed by atoms with van der Waals surface area (Å²) in [4.78, 5) is 2.20. The van der Waals surface area contributed by atoms with Crippen LogP contribution in [0.2, 0.25) is 0 Å². The fraction of sp³-hybridized carbons (Fsp3) is 0.750. The molecule has 0 saturated carbocycles. The predicted molar refractivity (Wildman–Crippen MR) is 78.3 cm³/mol. The summed E-state index contributed by atoms with van der Waals surface area (Å²) in [5, 5.41) is 6.74. The van der Waals surface area contributed by atoms with Crippen LogP contribution in [0.3, 0.4) is 0 Å². The number of sulfonamides is 1. The molecule has 0 aromatic carbocycles. The normalized spacial score (nSPS) is 22.3. The average Bonchev–Trinajstić information content (AvgIpc) is 2.80. The van der Waals surface area contributed by atoms with Gasteiger partial charge in [-0.25, -0.2) is 8.42 Å². The Balaban J connectivity index is 2.31. The molecule has 1 aromatic heterocycles. The maximum absolute atomic E-state index is 12.7. The van der Waals surface area contributed by atoms with E-state index in [4.69, 9.17) is 11.6 Å². The van der Waals surface area contributed by atoms with Crippen LogP contribution in [-0.4, -0.2) is 60.5 Å². The molecule has 1 aliphatic rings. The quantitative estimate of drug-likeness (QED) is 0.846. The van der Waals surface area contributed by atoms with Gasteiger partial charge in [-0.1, -0.05) is 6.92 Å². The molecule has 1 aromatic rings. The van der Waals surface area contributed by atoms with Gasteiger partial charge >= 0.3 is 0 Å². The fourth-order valence-corrected chi connectivity index (χ4v) is 4.54. The number of likely N-dealkylation sites (N-methyl/N-ethyl adjacent to an activating group) is 1. The zero-order valence-corrected chi connectivity index (χ0v) is 13.6. The summed E-state index contributed by atoms with van der Waals surface area (Å²) in [6.45, 7) is 5.58. The van der Waals surface area contributed by atoms with Gasteiger partial charge < -0.3 is 4.90 Å². The second kappa shape index (κ2) is 6.01. The van der Waals surface area contributed by atoms with Crippen molar-refractivity contribution in [3.63, 3.8) is 0 Å². The van der Waals surface area contributed by atoms with Crippen molar-refractivity contribution in [3.8, 4) is 0 Å². The molecule has 1 N–H and O–H groups in total. The molecule has 114 valence electrons. The van der Waals surface area contributed by atoms with Crippen molar-refractivity contribution < 1.29 is 8.42 Å². The predicted octanol–water partition coefficient (Wildman–Crippen LogP) is 1.17. The number of hydrogen-bond donors (Lipinski definition) is 1. The number of aromatic nitrogens is 2.